The number of fused-ring (bicyclic) bond motifs is 2. The van der Waals surface area contributed by atoms with Crippen LogP contribution >= 0.6 is 11.6 Å². The number of carbonyl (C=O) groups excluding carboxylic acids is 2. The third-order valence-electron chi connectivity index (χ3n) is 4.11. The number of carbonyl (C=O) groups is 2. The summed E-state index contributed by atoms with van der Waals surface area (Å²) in [6, 6.07) is 10.3. The largest absolute Gasteiger partial charge is 0.436 e. The fourth-order valence-corrected chi connectivity index (χ4v) is 3.15. The zero-order valence-corrected chi connectivity index (χ0v) is 14.5. The van der Waals surface area contributed by atoms with Gasteiger partial charge in [-0.3, -0.25) is 14.5 Å². The van der Waals surface area contributed by atoms with Crippen LogP contribution in [-0.4, -0.2) is 28.2 Å². The second-order valence-electron chi connectivity index (χ2n) is 6.51. The van der Waals surface area contributed by atoms with Gasteiger partial charge in [0.15, 0.2) is 5.58 Å². The van der Waals surface area contributed by atoms with Crippen LogP contribution in [0, 0.1) is 5.92 Å². The van der Waals surface area contributed by atoms with Crippen LogP contribution in [0.1, 0.15) is 34.6 Å². The zero-order chi connectivity index (χ0) is 17.7. The average Bonchev–Trinajstić information content (AvgIpc) is 3.09. The van der Waals surface area contributed by atoms with Gasteiger partial charge in [0.2, 0.25) is 5.89 Å². The summed E-state index contributed by atoms with van der Waals surface area (Å²) in [5.41, 5.74) is 2.73. The molecule has 0 spiro atoms. The molecule has 1 aliphatic heterocycles. The molecule has 0 bridgehead atoms. The third-order valence-corrected chi connectivity index (χ3v) is 4.35. The molecule has 4 rings (SSSR count). The molecular formula is C19H15ClN2O3. The van der Waals surface area contributed by atoms with E-state index in [1.165, 1.54) is 4.90 Å². The lowest BCUT2D eigenvalue weighted by molar-refractivity contribution is 0.0636. The van der Waals surface area contributed by atoms with E-state index in [0.717, 1.165) is 0 Å². The number of halogens is 1. The minimum Gasteiger partial charge on any atom is -0.436 e. The summed E-state index contributed by atoms with van der Waals surface area (Å²) in [5.74, 6) is 0.0883. The minimum atomic E-state index is -0.269. The number of benzene rings is 2. The maximum absolute atomic E-state index is 12.6. The molecule has 126 valence electrons. The van der Waals surface area contributed by atoms with E-state index in [4.69, 9.17) is 16.0 Å². The first-order valence-corrected chi connectivity index (χ1v) is 8.38. The molecule has 0 atom stereocenters. The monoisotopic (exact) mass is 354 g/mol. The zero-order valence-electron chi connectivity index (χ0n) is 13.7. The molecule has 2 aromatic carbocycles. The molecule has 0 saturated carbocycles. The van der Waals surface area contributed by atoms with Gasteiger partial charge in [0.25, 0.3) is 11.8 Å². The highest BCUT2D eigenvalue weighted by molar-refractivity contribution is 6.31. The van der Waals surface area contributed by atoms with Crippen molar-refractivity contribution in [2.75, 3.05) is 6.54 Å². The number of imide groups is 1. The molecule has 1 aliphatic rings. The Bertz CT molecular complexity index is 1020. The number of nitrogens with zero attached hydrogens (tertiary/aromatic N) is 2. The smallest absolute Gasteiger partial charge is 0.261 e. The molecule has 0 aliphatic carbocycles. The van der Waals surface area contributed by atoms with E-state index >= 15 is 0 Å². The lowest BCUT2D eigenvalue weighted by Gasteiger charge is -2.15. The first-order valence-electron chi connectivity index (χ1n) is 8.01. The Kier molecular flexibility index (Phi) is 3.62. The Hall–Kier alpha value is -2.66. The van der Waals surface area contributed by atoms with Gasteiger partial charge in [-0.15, -0.1) is 0 Å². The normalized spacial score (nSPS) is 14.0. The highest BCUT2D eigenvalue weighted by atomic mass is 35.5. The highest BCUT2D eigenvalue weighted by Crippen LogP contribution is 2.31. The van der Waals surface area contributed by atoms with Gasteiger partial charge in [0.05, 0.1) is 11.1 Å². The quantitative estimate of drug-likeness (QED) is 0.654. The molecule has 0 radical (unpaired) electrons. The number of hydrogen-bond donors (Lipinski definition) is 0. The van der Waals surface area contributed by atoms with Crippen LogP contribution in [0.15, 0.2) is 40.8 Å². The Labute approximate surface area is 149 Å². The van der Waals surface area contributed by atoms with Gasteiger partial charge < -0.3 is 4.42 Å². The third kappa shape index (κ3) is 2.61. The van der Waals surface area contributed by atoms with Crippen LogP contribution < -0.4 is 0 Å². The van der Waals surface area contributed by atoms with Crippen LogP contribution in [0.5, 0.6) is 0 Å². The number of oxazole rings is 1. The van der Waals surface area contributed by atoms with Gasteiger partial charge >= 0.3 is 0 Å². The van der Waals surface area contributed by atoms with Gasteiger partial charge in [0, 0.05) is 17.1 Å². The van der Waals surface area contributed by atoms with E-state index in [9.17, 15) is 9.59 Å². The number of rotatable bonds is 3. The van der Waals surface area contributed by atoms with Crippen molar-refractivity contribution in [2.24, 2.45) is 5.92 Å². The van der Waals surface area contributed by atoms with E-state index in [-0.39, 0.29) is 17.7 Å². The molecule has 6 heteroatoms. The lowest BCUT2D eigenvalue weighted by Crippen LogP contribution is -2.33. The summed E-state index contributed by atoms with van der Waals surface area (Å²) in [6.07, 6.45) is 0. The first kappa shape index (κ1) is 15.8. The second-order valence-corrected chi connectivity index (χ2v) is 6.94. The van der Waals surface area contributed by atoms with Gasteiger partial charge in [-0.05, 0) is 42.3 Å². The van der Waals surface area contributed by atoms with Gasteiger partial charge in [-0.2, -0.15) is 0 Å². The molecule has 2 amide bonds. The van der Waals surface area contributed by atoms with Gasteiger partial charge in [-0.1, -0.05) is 25.4 Å². The maximum Gasteiger partial charge on any atom is 0.261 e. The van der Waals surface area contributed by atoms with Crippen molar-refractivity contribution in [1.82, 2.24) is 9.88 Å². The first-order chi connectivity index (χ1) is 11.9. The summed E-state index contributed by atoms with van der Waals surface area (Å²) in [6.45, 7) is 4.35. The number of amides is 2. The summed E-state index contributed by atoms with van der Waals surface area (Å²) in [5, 5.41) is 0.575. The van der Waals surface area contributed by atoms with Crippen molar-refractivity contribution in [3.8, 4) is 11.5 Å². The predicted molar refractivity (Wildman–Crippen MR) is 94.7 cm³/mol. The summed E-state index contributed by atoms with van der Waals surface area (Å²) in [4.78, 5) is 30.7. The Balaban J connectivity index is 1.76. The fourth-order valence-electron chi connectivity index (χ4n) is 2.98. The summed E-state index contributed by atoms with van der Waals surface area (Å²) >= 11 is 5.97. The predicted octanol–water partition coefficient (Wildman–Crippen LogP) is 4.40. The van der Waals surface area contributed by atoms with E-state index in [1.807, 2.05) is 13.8 Å². The molecule has 0 unspecified atom stereocenters. The van der Waals surface area contributed by atoms with Crippen molar-refractivity contribution in [2.45, 2.75) is 13.8 Å². The van der Waals surface area contributed by atoms with E-state index in [1.54, 1.807) is 36.4 Å². The Morgan fingerprint density at radius 2 is 1.84 bits per heavy atom. The molecule has 2 heterocycles. The Morgan fingerprint density at radius 1 is 1.08 bits per heavy atom. The highest BCUT2D eigenvalue weighted by Gasteiger charge is 2.36. The van der Waals surface area contributed by atoms with Crippen LogP contribution in [0.4, 0.5) is 0 Å². The molecule has 3 aromatic rings. The molecular weight excluding hydrogens is 340 g/mol. The molecule has 5 nitrogen and oxygen atoms in total. The van der Waals surface area contributed by atoms with Crippen molar-refractivity contribution in [3.05, 3.63) is 52.5 Å². The SMILES string of the molecule is CC(C)CN1C(=O)c2ccc(-c3nc4cc(Cl)ccc4o3)cc2C1=O. The number of aromatic nitrogens is 1. The van der Waals surface area contributed by atoms with Crippen LogP contribution in [0.3, 0.4) is 0 Å². The molecule has 0 fully saturated rings. The summed E-state index contributed by atoms with van der Waals surface area (Å²) in [7, 11) is 0. The van der Waals surface area contributed by atoms with Crippen molar-refractivity contribution in [1.29, 1.82) is 0 Å². The molecule has 0 saturated heterocycles. The van der Waals surface area contributed by atoms with Crippen LogP contribution in [-0.2, 0) is 0 Å². The minimum absolute atomic E-state index is 0.212. The molecule has 0 N–H and O–H groups in total. The number of hydrogen-bond acceptors (Lipinski definition) is 4. The van der Waals surface area contributed by atoms with Crippen molar-refractivity contribution >= 4 is 34.5 Å². The van der Waals surface area contributed by atoms with Crippen LogP contribution in [0.25, 0.3) is 22.6 Å². The van der Waals surface area contributed by atoms with Crippen LogP contribution in [0.2, 0.25) is 5.02 Å². The van der Waals surface area contributed by atoms with Crippen molar-refractivity contribution < 1.29 is 14.0 Å². The van der Waals surface area contributed by atoms with E-state index in [2.05, 4.69) is 4.98 Å². The Morgan fingerprint density at radius 3 is 2.60 bits per heavy atom. The standard InChI is InChI=1S/C19H15ClN2O3/c1-10(2)9-22-18(23)13-5-3-11(7-14(13)19(22)24)17-21-15-8-12(20)4-6-16(15)25-17/h3-8,10H,9H2,1-2H3. The fraction of sp³-hybridized carbons (Fsp3) is 0.211. The van der Waals surface area contributed by atoms with E-state index in [0.29, 0.717) is 45.2 Å². The summed E-state index contributed by atoms with van der Waals surface area (Å²) < 4.78 is 5.74. The maximum atomic E-state index is 12.6. The average molecular weight is 355 g/mol. The lowest BCUT2D eigenvalue weighted by atomic mass is 10.1. The topological polar surface area (TPSA) is 63.4 Å². The molecule has 1 aromatic heterocycles. The second kappa shape index (κ2) is 5.70. The molecule has 25 heavy (non-hydrogen) atoms. The van der Waals surface area contributed by atoms with Gasteiger partial charge in [-0.25, -0.2) is 4.98 Å². The van der Waals surface area contributed by atoms with Crippen molar-refractivity contribution in [3.63, 3.8) is 0 Å². The van der Waals surface area contributed by atoms with E-state index < -0.39 is 0 Å². The van der Waals surface area contributed by atoms with Gasteiger partial charge in [0.1, 0.15) is 5.52 Å².